The molecule has 0 saturated heterocycles. The Morgan fingerprint density at radius 2 is 2.32 bits per heavy atom. The first-order valence-corrected chi connectivity index (χ1v) is 8.41. The number of aromatic nitrogens is 2. The van der Waals surface area contributed by atoms with Crippen LogP contribution in [0.5, 0.6) is 0 Å². The second kappa shape index (κ2) is 6.31. The number of rotatable bonds is 3. The summed E-state index contributed by atoms with van der Waals surface area (Å²) in [5, 5.41) is 11.3. The number of carbonyl (C=O) groups is 1. The van der Waals surface area contributed by atoms with Gasteiger partial charge in [0.05, 0.1) is 18.0 Å². The van der Waals surface area contributed by atoms with E-state index < -0.39 is 6.10 Å². The summed E-state index contributed by atoms with van der Waals surface area (Å²) in [6.07, 6.45) is 4.35. The molecule has 2 aliphatic rings. The molecule has 0 bridgehead atoms. The van der Waals surface area contributed by atoms with E-state index in [0.29, 0.717) is 17.7 Å². The van der Waals surface area contributed by atoms with E-state index in [0.717, 1.165) is 24.8 Å². The maximum atomic E-state index is 13.3. The lowest BCUT2D eigenvalue weighted by Crippen LogP contribution is -2.38. The Labute approximate surface area is 144 Å². The molecule has 1 aliphatic carbocycles. The first-order valence-electron chi connectivity index (χ1n) is 8.41. The van der Waals surface area contributed by atoms with E-state index in [1.165, 1.54) is 17.8 Å². The minimum atomic E-state index is -0.680. The Kier molecular flexibility index (Phi) is 3.99. The molecule has 2 atom stereocenters. The summed E-state index contributed by atoms with van der Waals surface area (Å²) in [7, 11) is 1.92. The normalized spacial score (nSPS) is 22.1. The second-order valence-electron chi connectivity index (χ2n) is 6.47. The van der Waals surface area contributed by atoms with Crippen LogP contribution in [0.25, 0.3) is 0 Å². The Balaban J connectivity index is 1.42. The van der Waals surface area contributed by atoms with E-state index in [4.69, 9.17) is 4.84 Å². The first kappa shape index (κ1) is 15.8. The van der Waals surface area contributed by atoms with Gasteiger partial charge in [-0.25, -0.2) is 4.39 Å². The van der Waals surface area contributed by atoms with Gasteiger partial charge in [-0.15, -0.1) is 0 Å². The number of benzene rings is 1. The molecule has 0 fully saturated rings. The second-order valence-corrected chi connectivity index (χ2v) is 6.47. The minimum Gasteiger partial charge on any atom is -0.382 e. The topological polar surface area (TPSA) is 68.5 Å². The molecule has 0 unspecified atom stereocenters. The van der Waals surface area contributed by atoms with E-state index in [9.17, 15) is 9.18 Å². The minimum absolute atomic E-state index is 0.0493. The van der Waals surface area contributed by atoms with Gasteiger partial charge in [0.2, 0.25) is 6.10 Å². The molecule has 2 aromatic rings. The van der Waals surface area contributed by atoms with Gasteiger partial charge in [-0.1, -0.05) is 17.3 Å². The third-order valence-corrected chi connectivity index (χ3v) is 4.81. The van der Waals surface area contributed by atoms with Gasteiger partial charge >= 0.3 is 0 Å². The number of amides is 1. The average Bonchev–Trinajstić information content (AvgIpc) is 3.23. The monoisotopic (exact) mass is 342 g/mol. The van der Waals surface area contributed by atoms with E-state index >= 15 is 0 Å². The standard InChI is InChI=1S/C18H19FN4O2/c1-23-16-7-3-6-14(13(16)10-20-23)21-18(24)17-9-15(22-25-17)11-4-2-5-12(19)8-11/h2,4-5,8,10,14,17H,3,6-7,9H2,1H3,(H,21,24)/t14-,17-/m0/s1. The molecule has 2 heterocycles. The zero-order valence-corrected chi connectivity index (χ0v) is 13.9. The highest BCUT2D eigenvalue weighted by molar-refractivity contribution is 6.04. The van der Waals surface area contributed by atoms with Crippen molar-refractivity contribution in [1.29, 1.82) is 0 Å². The van der Waals surface area contributed by atoms with Gasteiger partial charge in [-0.05, 0) is 31.4 Å². The molecular weight excluding hydrogens is 323 g/mol. The van der Waals surface area contributed by atoms with Crippen LogP contribution in [-0.2, 0) is 23.1 Å². The molecule has 1 N–H and O–H groups in total. The van der Waals surface area contributed by atoms with Crippen LogP contribution in [0.1, 0.15) is 42.1 Å². The summed E-state index contributed by atoms with van der Waals surface area (Å²) < 4.78 is 15.2. The van der Waals surface area contributed by atoms with Crippen LogP contribution in [0.4, 0.5) is 4.39 Å². The summed E-state index contributed by atoms with van der Waals surface area (Å²) in [5.41, 5.74) is 3.47. The third-order valence-electron chi connectivity index (χ3n) is 4.81. The molecule has 1 amide bonds. The van der Waals surface area contributed by atoms with Crippen LogP contribution in [-0.4, -0.2) is 27.5 Å². The summed E-state index contributed by atoms with van der Waals surface area (Å²) >= 11 is 0. The molecule has 4 rings (SSSR count). The number of fused-ring (bicyclic) bond motifs is 1. The van der Waals surface area contributed by atoms with Gasteiger partial charge in [0.15, 0.2) is 0 Å². The van der Waals surface area contributed by atoms with E-state index in [-0.39, 0.29) is 17.8 Å². The largest absolute Gasteiger partial charge is 0.382 e. The van der Waals surface area contributed by atoms with Gasteiger partial charge in [-0.2, -0.15) is 5.10 Å². The van der Waals surface area contributed by atoms with Crippen molar-refractivity contribution in [3.8, 4) is 0 Å². The van der Waals surface area contributed by atoms with Crippen LogP contribution < -0.4 is 5.32 Å². The van der Waals surface area contributed by atoms with Crippen molar-refractivity contribution < 1.29 is 14.0 Å². The van der Waals surface area contributed by atoms with Crippen LogP contribution in [0.3, 0.4) is 0 Å². The molecule has 1 aromatic heterocycles. The van der Waals surface area contributed by atoms with Crippen molar-refractivity contribution in [3.05, 3.63) is 53.1 Å². The lowest BCUT2D eigenvalue weighted by Gasteiger charge is -2.24. The van der Waals surface area contributed by atoms with Crippen molar-refractivity contribution in [2.24, 2.45) is 12.2 Å². The third kappa shape index (κ3) is 3.01. The van der Waals surface area contributed by atoms with Crippen LogP contribution in [0.15, 0.2) is 35.6 Å². The Morgan fingerprint density at radius 3 is 3.16 bits per heavy atom. The predicted molar refractivity (Wildman–Crippen MR) is 89.5 cm³/mol. The number of hydrogen-bond acceptors (Lipinski definition) is 4. The molecule has 1 aromatic carbocycles. The highest BCUT2D eigenvalue weighted by atomic mass is 19.1. The first-order chi connectivity index (χ1) is 12.1. The fraction of sp³-hybridized carbons (Fsp3) is 0.389. The number of nitrogens with zero attached hydrogens (tertiary/aromatic N) is 3. The molecule has 1 aliphatic heterocycles. The number of oxime groups is 1. The zero-order chi connectivity index (χ0) is 17.4. The lowest BCUT2D eigenvalue weighted by atomic mass is 9.92. The van der Waals surface area contributed by atoms with E-state index in [2.05, 4.69) is 15.6 Å². The fourth-order valence-electron chi connectivity index (χ4n) is 3.48. The van der Waals surface area contributed by atoms with Crippen LogP contribution in [0.2, 0.25) is 0 Å². The number of halogens is 1. The van der Waals surface area contributed by atoms with Gasteiger partial charge in [-0.3, -0.25) is 9.48 Å². The summed E-state index contributed by atoms with van der Waals surface area (Å²) in [5.74, 6) is -0.531. The van der Waals surface area contributed by atoms with Gasteiger partial charge < -0.3 is 10.2 Å². The maximum absolute atomic E-state index is 13.3. The Morgan fingerprint density at radius 1 is 1.44 bits per heavy atom. The maximum Gasteiger partial charge on any atom is 0.264 e. The number of aryl methyl sites for hydroxylation is 1. The fourth-order valence-corrected chi connectivity index (χ4v) is 3.48. The molecule has 6 nitrogen and oxygen atoms in total. The molecule has 0 radical (unpaired) electrons. The van der Waals surface area contributed by atoms with Crippen molar-refractivity contribution in [2.75, 3.05) is 0 Å². The van der Waals surface area contributed by atoms with Crippen LogP contribution >= 0.6 is 0 Å². The van der Waals surface area contributed by atoms with Gasteiger partial charge in [0.25, 0.3) is 5.91 Å². The number of hydrogen-bond donors (Lipinski definition) is 1. The SMILES string of the molecule is Cn1ncc2c1CCC[C@@H]2NC(=O)[C@@H]1CC(c2cccc(F)c2)=NO1. The molecule has 25 heavy (non-hydrogen) atoms. The van der Waals surface area contributed by atoms with Gasteiger partial charge in [0, 0.05) is 30.3 Å². The number of carbonyl (C=O) groups excluding carboxylic acids is 1. The molecule has 7 heteroatoms. The smallest absolute Gasteiger partial charge is 0.264 e. The van der Waals surface area contributed by atoms with E-state index in [1.807, 2.05) is 17.9 Å². The van der Waals surface area contributed by atoms with Crippen molar-refractivity contribution in [2.45, 2.75) is 37.8 Å². The molecular formula is C18H19FN4O2. The predicted octanol–water partition coefficient (Wildman–Crippen LogP) is 2.25. The van der Waals surface area contributed by atoms with Crippen molar-refractivity contribution >= 4 is 11.6 Å². The molecule has 0 spiro atoms. The lowest BCUT2D eigenvalue weighted by molar-refractivity contribution is -0.132. The summed E-state index contributed by atoms with van der Waals surface area (Å²) in [4.78, 5) is 17.9. The highest BCUT2D eigenvalue weighted by Gasteiger charge is 2.32. The van der Waals surface area contributed by atoms with Crippen molar-refractivity contribution in [1.82, 2.24) is 15.1 Å². The number of nitrogens with one attached hydrogen (secondary N) is 1. The summed E-state index contributed by atoms with van der Waals surface area (Å²) in [6.45, 7) is 0. The summed E-state index contributed by atoms with van der Waals surface area (Å²) in [6, 6.07) is 6.09. The average molecular weight is 342 g/mol. The molecule has 130 valence electrons. The Hall–Kier alpha value is -2.70. The highest BCUT2D eigenvalue weighted by Crippen LogP contribution is 2.29. The van der Waals surface area contributed by atoms with E-state index in [1.54, 1.807) is 12.1 Å². The Bertz CT molecular complexity index is 845. The van der Waals surface area contributed by atoms with Crippen LogP contribution in [0, 0.1) is 5.82 Å². The van der Waals surface area contributed by atoms with Crippen molar-refractivity contribution in [3.63, 3.8) is 0 Å². The zero-order valence-electron chi connectivity index (χ0n) is 13.9. The van der Waals surface area contributed by atoms with Gasteiger partial charge in [0.1, 0.15) is 5.82 Å². The quantitative estimate of drug-likeness (QED) is 0.930. The molecule has 0 saturated carbocycles.